The molecule has 4 heteroatoms. The van der Waals surface area contributed by atoms with Gasteiger partial charge in [0.25, 0.3) is 0 Å². The fourth-order valence-electron chi connectivity index (χ4n) is 7.39. The number of esters is 1. The van der Waals surface area contributed by atoms with Gasteiger partial charge in [0.2, 0.25) is 0 Å². The molecule has 0 radical (unpaired) electrons. The quantitative estimate of drug-likeness (QED) is 0.681. The molecule has 25 heavy (non-hydrogen) atoms. The first-order valence-corrected chi connectivity index (χ1v) is 9.93. The molecular weight excluding hydrogens is 316 g/mol. The van der Waals surface area contributed by atoms with Gasteiger partial charge in [-0.05, 0) is 60.7 Å². The zero-order valence-electron chi connectivity index (χ0n) is 15.7. The molecule has 0 N–H and O–H groups in total. The van der Waals surface area contributed by atoms with Crippen LogP contribution in [0.5, 0.6) is 0 Å². The molecule has 4 fully saturated rings. The fraction of sp³-hybridized carbons (Fsp3) is 0.857. The van der Waals surface area contributed by atoms with Crippen LogP contribution in [-0.2, 0) is 19.1 Å². The molecule has 0 spiro atoms. The minimum absolute atomic E-state index is 0.0153. The van der Waals surface area contributed by atoms with Gasteiger partial charge < -0.3 is 4.74 Å². The van der Waals surface area contributed by atoms with Crippen molar-refractivity contribution in [2.45, 2.75) is 65.2 Å². The topological polar surface area (TPSA) is 60.4 Å². The average Bonchev–Trinajstić information content (AvgIpc) is 2.91. The van der Waals surface area contributed by atoms with Crippen LogP contribution < -0.4 is 0 Å². The molecule has 4 nitrogen and oxygen atoms in total. The van der Waals surface area contributed by atoms with E-state index in [1.807, 2.05) is 0 Å². The van der Waals surface area contributed by atoms with Gasteiger partial charge in [-0.25, -0.2) is 0 Å². The van der Waals surface area contributed by atoms with E-state index in [9.17, 15) is 14.4 Å². The Morgan fingerprint density at radius 1 is 1.08 bits per heavy atom. The van der Waals surface area contributed by atoms with Gasteiger partial charge in [0.1, 0.15) is 11.6 Å². The van der Waals surface area contributed by atoms with Gasteiger partial charge in [0.15, 0.2) is 0 Å². The summed E-state index contributed by atoms with van der Waals surface area (Å²) in [7, 11) is 1.46. The first kappa shape index (κ1) is 17.2. The molecule has 4 aliphatic rings. The van der Waals surface area contributed by atoms with Crippen molar-refractivity contribution in [3.63, 3.8) is 0 Å². The second-order valence-corrected chi connectivity index (χ2v) is 9.57. The van der Waals surface area contributed by atoms with Crippen LogP contribution in [0, 0.1) is 40.4 Å². The van der Waals surface area contributed by atoms with Gasteiger partial charge in [-0.1, -0.05) is 13.8 Å². The Balaban J connectivity index is 1.67. The van der Waals surface area contributed by atoms with Crippen LogP contribution in [-0.4, -0.2) is 24.6 Å². The zero-order valence-corrected chi connectivity index (χ0v) is 15.7. The van der Waals surface area contributed by atoms with Crippen LogP contribution in [0.4, 0.5) is 0 Å². The van der Waals surface area contributed by atoms with E-state index in [0.29, 0.717) is 48.6 Å². The lowest BCUT2D eigenvalue weighted by Crippen LogP contribution is -2.57. The molecule has 0 heterocycles. The number of hydrogen-bond acceptors (Lipinski definition) is 4. The van der Waals surface area contributed by atoms with Gasteiger partial charge >= 0.3 is 5.97 Å². The molecule has 7 atom stereocenters. The number of carbonyl (C=O) groups is 3. The Hall–Kier alpha value is -1.19. The zero-order chi connectivity index (χ0) is 18.0. The summed E-state index contributed by atoms with van der Waals surface area (Å²) in [4.78, 5) is 37.6. The number of ether oxygens (including phenoxy) is 1. The summed E-state index contributed by atoms with van der Waals surface area (Å²) >= 11 is 0. The SMILES string of the molecule is COC(=O)[C@@H]1CC[C@@H]2[C@H]3CC[C@@H]4CC(=O)CC[C@]4(C)[C@@H]3C(=O)C[C@@]21C. The maximum atomic E-state index is 13.3. The third-order valence-electron chi connectivity index (χ3n) is 8.65. The molecule has 0 aromatic rings. The van der Waals surface area contributed by atoms with Crippen molar-refractivity contribution < 1.29 is 19.1 Å². The van der Waals surface area contributed by atoms with Crippen molar-refractivity contribution >= 4 is 17.5 Å². The van der Waals surface area contributed by atoms with Gasteiger partial charge in [-0.2, -0.15) is 0 Å². The summed E-state index contributed by atoms with van der Waals surface area (Å²) in [6.07, 6.45) is 6.66. The van der Waals surface area contributed by atoms with Crippen LogP contribution in [0.25, 0.3) is 0 Å². The van der Waals surface area contributed by atoms with E-state index in [1.165, 1.54) is 7.11 Å². The number of carbonyl (C=O) groups excluding carboxylic acids is 3. The fourth-order valence-corrected chi connectivity index (χ4v) is 7.39. The maximum Gasteiger partial charge on any atom is 0.309 e. The Labute approximate surface area is 150 Å². The monoisotopic (exact) mass is 346 g/mol. The Bertz CT molecular complexity index is 625. The molecule has 0 amide bonds. The molecule has 4 saturated carbocycles. The smallest absolute Gasteiger partial charge is 0.309 e. The molecule has 0 saturated heterocycles. The minimum Gasteiger partial charge on any atom is -0.469 e. The summed E-state index contributed by atoms with van der Waals surface area (Å²) < 4.78 is 5.05. The standard InChI is InChI=1S/C21H30O4/c1-20-9-8-13(22)10-12(20)4-5-14-15-6-7-16(19(24)25-3)21(15,2)11-17(23)18(14)20/h12,14-16,18H,4-11H2,1-3H3/t12-,14-,15-,16+,18+,20+,21+/m1/s1. The predicted octanol–water partition coefficient (Wildman–Crippen LogP) is 3.57. The number of methoxy groups -OCH3 is 1. The second-order valence-electron chi connectivity index (χ2n) is 9.57. The van der Waals surface area contributed by atoms with Crippen LogP contribution in [0.1, 0.15) is 65.2 Å². The van der Waals surface area contributed by atoms with Gasteiger partial charge in [-0.3, -0.25) is 14.4 Å². The van der Waals surface area contributed by atoms with Gasteiger partial charge in [0.05, 0.1) is 13.0 Å². The number of hydrogen-bond donors (Lipinski definition) is 0. The first-order chi connectivity index (χ1) is 11.8. The van der Waals surface area contributed by atoms with Crippen molar-refractivity contribution in [3.05, 3.63) is 0 Å². The Kier molecular flexibility index (Phi) is 3.90. The summed E-state index contributed by atoms with van der Waals surface area (Å²) in [5.41, 5.74) is -0.252. The summed E-state index contributed by atoms with van der Waals surface area (Å²) in [5, 5.41) is 0. The molecule has 138 valence electrons. The van der Waals surface area contributed by atoms with E-state index < -0.39 is 0 Å². The van der Waals surface area contributed by atoms with E-state index in [2.05, 4.69) is 13.8 Å². The molecule has 0 unspecified atom stereocenters. The average molecular weight is 346 g/mol. The van der Waals surface area contributed by atoms with E-state index in [1.54, 1.807) is 0 Å². The molecule has 0 aromatic carbocycles. The highest BCUT2D eigenvalue weighted by Gasteiger charge is 2.64. The Morgan fingerprint density at radius 2 is 1.84 bits per heavy atom. The normalized spacial score (nSPS) is 49.2. The molecule has 0 bridgehead atoms. The Morgan fingerprint density at radius 3 is 2.56 bits per heavy atom. The van der Waals surface area contributed by atoms with Crippen molar-refractivity contribution in [2.75, 3.05) is 7.11 Å². The lowest BCUT2D eigenvalue weighted by atomic mass is 9.44. The van der Waals surface area contributed by atoms with Crippen molar-refractivity contribution in [1.29, 1.82) is 0 Å². The van der Waals surface area contributed by atoms with Crippen LogP contribution >= 0.6 is 0 Å². The number of Topliss-reactive ketones (excluding diaryl/α,β-unsaturated/α-hetero) is 2. The van der Waals surface area contributed by atoms with Crippen LogP contribution in [0.2, 0.25) is 0 Å². The van der Waals surface area contributed by atoms with E-state index in [-0.39, 0.29) is 28.6 Å². The third-order valence-corrected chi connectivity index (χ3v) is 8.65. The highest BCUT2D eigenvalue weighted by atomic mass is 16.5. The summed E-state index contributed by atoms with van der Waals surface area (Å²) in [6, 6.07) is 0. The maximum absolute atomic E-state index is 13.3. The largest absolute Gasteiger partial charge is 0.469 e. The predicted molar refractivity (Wildman–Crippen MR) is 92.6 cm³/mol. The van der Waals surface area contributed by atoms with Gasteiger partial charge in [-0.15, -0.1) is 0 Å². The summed E-state index contributed by atoms with van der Waals surface area (Å²) in [5.74, 6) is 1.74. The van der Waals surface area contributed by atoms with Crippen molar-refractivity contribution in [2.24, 2.45) is 40.4 Å². The molecule has 4 rings (SSSR count). The van der Waals surface area contributed by atoms with Gasteiger partial charge in [0, 0.05) is 25.2 Å². The number of fused-ring (bicyclic) bond motifs is 5. The lowest BCUT2D eigenvalue weighted by molar-refractivity contribution is -0.165. The third kappa shape index (κ3) is 2.28. The van der Waals surface area contributed by atoms with E-state index >= 15 is 0 Å². The van der Waals surface area contributed by atoms with E-state index in [0.717, 1.165) is 32.1 Å². The van der Waals surface area contributed by atoms with Crippen LogP contribution in [0.3, 0.4) is 0 Å². The lowest BCUT2D eigenvalue weighted by Gasteiger charge is -2.59. The van der Waals surface area contributed by atoms with Crippen LogP contribution in [0.15, 0.2) is 0 Å². The van der Waals surface area contributed by atoms with E-state index in [4.69, 9.17) is 4.74 Å². The molecule has 4 aliphatic carbocycles. The first-order valence-electron chi connectivity index (χ1n) is 9.93. The highest BCUT2D eigenvalue weighted by Crippen LogP contribution is 2.66. The highest BCUT2D eigenvalue weighted by molar-refractivity contribution is 5.87. The molecular formula is C21H30O4. The number of rotatable bonds is 1. The summed E-state index contributed by atoms with van der Waals surface area (Å²) in [6.45, 7) is 4.42. The second kappa shape index (κ2) is 5.65. The number of ketones is 2. The van der Waals surface area contributed by atoms with Crippen molar-refractivity contribution in [1.82, 2.24) is 0 Å². The molecule has 0 aliphatic heterocycles. The molecule has 0 aromatic heterocycles. The van der Waals surface area contributed by atoms with Crippen molar-refractivity contribution in [3.8, 4) is 0 Å². The minimum atomic E-state index is -0.237.